The third kappa shape index (κ3) is 3.84. The molecule has 0 amide bonds. The minimum absolute atomic E-state index is 0.943. The summed E-state index contributed by atoms with van der Waals surface area (Å²) in [6.07, 6.45) is 8.95. The van der Waals surface area contributed by atoms with E-state index in [1.54, 1.807) is 0 Å². The summed E-state index contributed by atoms with van der Waals surface area (Å²) in [7, 11) is 1.99. The summed E-state index contributed by atoms with van der Waals surface area (Å²) in [5.74, 6) is 0. The Morgan fingerprint density at radius 2 is 1.89 bits per heavy atom. The molecule has 0 aliphatic carbocycles. The van der Waals surface area contributed by atoms with Crippen LogP contribution in [0.25, 0.3) is 10.9 Å². The van der Waals surface area contributed by atoms with Crippen LogP contribution in [0.3, 0.4) is 0 Å². The van der Waals surface area contributed by atoms with Crippen LogP contribution in [0, 0.1) is 0 Å². The highest BCUT2D eigenvalue weighted by molar-refractivity contribution is 5.80. The zero-order chi connectivity index (χ0) is 13.5. The Bertz CT molecular complexity index is 499. The van der Waals surface area contributed by atoms with Gasteiger partial charge in [0.2, 0.25) is 0 Å². The molecule has 2 heteroatoms. The van der Waals surface area contributed by atoms with Crippen LogP contribution < -0.4 is 5.32 Å². The van der Waals surface area contributed by atoms with E-state index < -0.39 is 0 Å². The normalized spacial score (nSPS) is 11.3. The van der Waals surface area contributed by atoms with Crippen molar-refractivity contribution in [2.75, 3.05) is 7.05 Å². The molecule has 0 saturated carbocycles. The van der Waals surface area contributed by atoms with Crippen LogP contribution in [-0.4, -0.2) is 11.6 Å². The first-order valence-electron chi connectivity index (χ1n) is 7.57. The largest absolute Gasteiger partial charge is 0.347 e. The Hall–Kier alpha value is -1.28. The molecule has 104 valence electrons. The predicted octanol–water partition coefficient (Wildman–Crippen LogP) is 4.33. The molecule has 1 aromatic carbocycles. The van der Waals surface area contributed by atoms with Crippen molar-refractivity contribution in [3.63, 3.8) is 0 Å². The second-order valence-corrected chi connectivity index (χ2v) is 5.35. The minimum atomic E-state index is 0.943. The van der Waals surface area contributed by atoms with E-state index in [1.165, 1.54) is 48.6 Å². The van der Waals surface area contributed by atoms with Gasteiger partial charge in [0.05, 0.1) is 0 Å². The molecular formula is C17H26N2. The number of rotatable bonds is 8. The van der Waals surface area contributed by atoms with Crippen LogP contribution in [0.4, 0.5) is 0 Å². The van der Waals surface area contributed by atoms with Gasteiger partial charge in [0.15, 0.2) is 0 Å². The highest BCUT2D eigenvalue weighted by atomic mass is 14.9. The van der Waals surface area contributed by atoms with Gasteiger partial charge in [-0.25, -0.2) is 0 Å². The molecule has 2 rings (SSSR count). The Balaban J connectivity index is 1.96. The van der Waals surface area contributed by atoms with Crippen molar-refractivity contribution in [1.29, 1.82) is 0 Å². The number of hydrogen-bond acceptors (Lipinski definition) is 1. The summed E-state index contributed by atoms with van der Waals surface area (Å²) in [5, 5.41) is 4.56. The third-order valence-corrected chi connectivity index (χ3v) is 3.72. The number of aryl methyl sites for hydroxylation is 1. The highest BCUT2D eigenvalue weighted by Gasteiger charge is 2.02. The van der Waals surface area contributed by atoms with E-state index in [9.17, 15) is 0 Å². The van der Waals surface area contributed by atoms with E-state index in [2.05, 4.69) is 47.3 Å². The Kier molecular flexibility index (Phi) is 5.46. The number of unbranched alkanes of at least 4 members (excludes halogenated alkanes) is 4. The van der Waals surface area contributed by atoms with Gasteiger partial charge in [-0.3, -0.25) is 0 Å². The molecule has 2 aromatic rings. The van der Waals surface area contributed by atoms with Gasteiger partial charge in [-0.05, 0) is 42.6 Å². The maximum atomic E-state index is 3.20. The van der Waals surface area contributed by atoms with E-state index in [0.717, 1.165) is 13.1 Å². The van der Waals surface area contributed by atoms with Crippen LogP contribution in [0.5, 0.6) is 0 Å². The average molecular weight is 258 g/mol. The van der Waals surface area contributed by atoms with Gasteiger partial charge in [0, 0.05) is 24.8 Å². The standard InChI is InChI=1S/C17H26N2/c1-3-4-5-6-7-11-19-12-10-16-13-15(14-18-2)8-9-17(16)19/h8-10,12-13,18H,3-7,11,14H2,1-2H3. The summed E-state index contributed by atoms with van der Waals surface area (Å²) < 4.78 is 2.39. The summed E-state index contributed by atoms with van der Waals surface area (Å²) >= 11 is 0. The van der Waals surface area contributed by atoms with Gasteiger partial charge < -0.3 is 9.88 Å². The molecule has 0 aliphatic rings. The van der Waals surface area contributed by atoms with Gasteiger partial charge >= 0.3 is 0 Å². The van der Waals surface area contributed by atoms with E-state index in [1.807, 2.05) is 7.05 Å². The lowest BCUT2D eigenvalue weighted by molar-refractivity contribution is 0.577. The van der Waals surface area contributed by atoms with Gasteiger partial charge in [0.25, 0.3) is 0 Å². The van der Waals surface area contributed by atoms with Crippen LogP contribution in [0.2, 0.25) is 0 Å². The fourth-order valence-corrected chi connectivity index (χ4v) is 2.64. The van der Waals surface area contributed by atoms with Crippen LogP contribution in [-0.2, 0) is 13.1 Å². The van der Waals surface area contributed by atoms with E-state index in [-0.39, 0.29) is 0 Å². The molecule has 0 radical (unpaired) electrons. The first kappa shape index (κ1) is 14.1. The minimum Gasteiger partial charge on any atom is -0.347 e. The molecule has 0 saturated heterocycles. The Morgan fingerprint density at radius 1 is 1.05 bits per heavy atom. The molecule has 1 aromatic heterocycles. The quantitative estimate of drug-likeness (QED) is 0.697. The molecule has 0 bridgehead atoms. The SMILES string of the molecule is CCCCCCCn1ccc2cc(CNC)ccc21. The van der Waals surface area contributed by atoms with E-state index in [4.69, 9.17) is 0 Å². The molecule has 19 heavy (non-hydrogen) atoms. The molecule has 0 fully saturated rings. The van der Waals surface area contributed by atoms with Crippen molar-refractivity contribution >= 4 is 10.9 Å². The fraction of sp³-hybridized carbons (Fsp3) is 0.529. The molecule has 0 spiro atoms. The summed E-state index contributed by atoms with van der Waals surface area (Å²) in [6.45, 7) is 4.36. The van der Waals surface area contributed by atoms with Crippen molar-refractivity contribution < 1.29 is 0 Å². The van der Waals surface area contributed by atoms with Crippen molar-refractivity contribution in [3.05, 3.63) is 36.0 Å². The summed E-state index contributed by atoms with van der Waals surface area (Å²) in [6, 6.07) is 9.01. The fourth-order valence-electron chi connectivity index (χ4n) is 2.64. The van der Waals surface area contributed by atoms with E-state index in [0.29, 0.717) is 0 Å². The lowest BCUT2D eigenvalue weighted by Gasteiger charge is -2.06. The molecule has 0 aliphatic heterocycles. The number of nitrogens with one attached hydrogen (secondary N) is 1. The Labute approximate surface area is 116 Å². The molecule has 0 atom stereocenters. The first-order valence-corrected chi connectivity index (χ1v) is 7.57. The number of benzene rings is 1. The van der Waals surface area contributed by atoms with Crippen molar-refractivity contribution in [1.82, 2.24) is 9.88 Å². The van der Waals surface area contributed by atoms with Crippen LogP contribution >= 0.6 is 0 Å². The summed E-state index contributed by atoms with van der Waals surface area (Å²) in [4.78, 5) is 0. The monoisotopic (exact) mass is 258 g/mol. The first-order chi connectivity index (χ1) is 9.35. The predicted molar refractivity (Wildman–Crippen MR) is 83.5 cm³/mol. The zero-order valence-electron chi connectivity index (χ0n) is 12.3. The average Bonchev–Trinajstić information content (AvgIpc) is 2.82. The van der Waals surface area contributed by atoms with Crippen molar-refractivity contribution in [2.45, 2.75) is 52.1 Å². The number of aromatic nitrogens is 1. The smallest absolute Gasteiger partial charge is 0.0480 e. The maximum absolute atomic E-state index is 3.20. The van der Waals surface area contributed by atoms with Gasteiger partial charge in [0.1, 0.15) is 0 Å². The summed E-state index contributed by atoms with van der Waals surface area (Å²) in [5.41, 5.74) is 2.73. The van der Waals surface area contributed by atoms with Crippen molar-refractivity contribution in [2.24, 2.45) is 0 Å². The second-order valence-electron chi connectivity index (χ2n) is 5.35. The maximum Gasteiger partial charge on any atom is 0.0480 e. The second kappa shape index (κ2) is 7.34. The van der Waals surface area contributed by atoms with Crippen LogP contribution in [0.15, 0.2) is 30.5 Å². The third-order valence-electron chi connectivity index (χ3n) is 3.72. The Morgan fingerprint density at radius 3 is 2.68 bits per heavy atom. The highest BCUT2D eigenvalue weighted by Crippen LogP contribution is 2.18. The number of fused-ring (bicyclic) bond motifs is 1. The van der Waals surface area contributed by atoms with Gasteiger partial charge in [-0.1, -0.05) is 38.7 Å². The number of hydrogen-bond donors (Lipinski definition) is 1. The molecular weight excluding hydrogens is 232 g/mol. The molecule has 1 N–H and O–H groups in total. The van der Waals surface area contributed by atoms with E-state index >= 15 is 0 Å². The topological polar surface area (TPSA) is 17.0 Å². The molecule has 0 unspecified atom stereocenters. The van der Waals surface area contributed by atoms with Crippen molar-refractivity contribution in [3.8, 4) is 0 Å². The molecule has 2 nitrogen and oxygen atoms in total. The number of nitrogens with zero attached hydrogens (tertiary/aromatic N) is 1. The van der Waals surface area contributed by atoms with Gasteiger partial charge in [-0.15, -0.1) is 0 Å². The molecule has 1 heterocycles. The zero-order valence-corrected chi connectivity index (χ0v) is 12.3. The lowest BCUT2D eigenvalue weighted by Crippen LogP contribution is -2.04. The lowest BCUT2D eigenvalue weighted by atomic mass is 10.1. The van der Waals surface area contributed by atoms with Gasteiger partial charge in [-0.2, -0.15) is 0 Å². The van der Waals surface area contributed by atoms with Crippen LogP contribution in [0.1, 0.15) is 44.6 Å².